The zero-order valence-corrected chi connectivity index (χ0v) is 15.3. The molecule has 25 heavy (non-hydrogen) atoms. The summed E-state index contributed by atoms with van der Waals surface area (Å²) in [6.45, 7) is 2.53. The number of hydrogen-bond acceptors (Lipinski definition) is 3. The average molecular weight is 375 g/mol. The lowest BCUT2D eigenvalue weighted by Gasteiger charge is -2.44. The van der Waals surface area contributed by atoms with Crippen molar-refractivity contribution in [1.29, 1.82) is 0 Å². The van der Waals surface area contributed by atoms with Gasteiger partial charge in [0.2, 0.25) is 0 Å². The van der Waals surface area contributed by atoms with E-state index in [4.69, 9.17) is 28.2 Å². The minimum atomic E-state index is -0.207. The van der Waals surface area contributed by atoms with Crippen molar-refractivity contribution in [2.75, 3.05) is 23.7 Å². The molecule has 2 aliphatic heterocycles. The predicted octanol–water partition coefficient (Wildman–Crippen LogP) is 4.55. The monoisotopic (exact) mass is 374 g/mol. The van der Waals surface area contributed by atoms with Crippen molar-refractivity contribution >= 4 is 40.4 Å². The maximum atomic E-state index is 6.40. The van der Waals surface area contributed by atoms with Crippen LogP contribution in [0, 0.1) is 0 Å². The van der Waals surface area contributed by atoms with Crippen molar-refractivity contribution in [1.82, 2.24) is 5.32 Å². The maximum Gasteiger partial charge on any atom is 0.127 e. The van der Waals surface area contributed by atoms with Crippen LogP contribution in [0.15, 0.2) is 47.5 Å². The molecule has 1 saturated heterocycles. The van der Waals surface area contributed by atoms with Crippen LogP contribution >= 0.6 is 23.2 Å². The van der Waals surface area contributed by atoms with Crippen LogP contribution in [0.3, 0.4) is 0 Å². The number of anilines is 2. The third-order valence-corrected chi connectivity index (χ3v) is 5.36. The van der Waals surface area contributed by atoms with Crippen LogP contribution in [0.2, 0.25) is 10.0 Å². The smallest absolute Gasteiger partial charge is 0.127 e. The van der Waals surface area contributed by atoms with Crippen LogP contribution in [0.1, 0.15) is 18.4 Å². The quantitative estimate of drug-likeness (QED) is 0.722. The molecule has 1 spiro atoms. The number of nitrogens with one attached hydrogen (secondary N) is 3. The fourth-order valence-electron chi connectivity index (χ4n) is 3.51. The average Bonchev–Trinajstić information content (AvgIpc) is 2.61. The van der Waals surface area contributed by atoms with Gasteiger partial charge in [-0.15, -0.1) is 0 Å². The summed E-state index contributed by atoms with van der Waals surface area (Å²) >= 11 is 12.6. The first-order valence-electron chi connectivity index (χ1n) is 8.50. The molecule has 0 aliphatic carbocycles. The van der Waals surface area contributed by atoms with Crippen LogP contribution < -0.4 is 16.0 Å². The minimum absolute atomic E-state index is 0.207. The van der Waals surface area contributed by atoms with Crippen molar-refractivity contribution < 1.29 is 0 Å². The lowest BCUT2D eigenvalue weighted by atomic mass is 9.84. The molecule has 2 aromatic carbocycles. The Morgan fingerprint density at radius 3 is 2.56 bits per heavy atom. The lowest BCUT2D eigenvalue weighted by Crippen LogP contribution is -2.57. The molecule has 6 heteroatoms. The summed E-state index contributed by atoms with van der Waals surface area (Å²) in [5.41, 5.74) is 2.77. The molecule has 3 N–H and O–H groups in total. The molecule has 2 aliphatic rings. The van der Waals surface area contributed by atoms with Gasteiger partial charge in [-0.1, -0.05) is 53.5 Å². The van der Waals surface area contributed by atoms with E-state index in [1.165, 1.54) is 5.56 Å². The number of amidine groups is 1. The van der Waals surface area contributed by atoms with E-state index in [-0.39, 0.29) is 5.54 Å². The molecule has 4 rings (SSSR count). The lowest BCUT2D eigenvalue weighted by molar-refractivity contribution is 0.419. The maximum absolute atomic E-state index is 6.40. The number of benzene rings is 2. The summed E-state index contributed by atoms with van der Waals surface area (Å²) in [5, 5.41) is 11.8. The van der Waals surface area contributed by atoms with Crippen LogP contribution in [0.4, 0.5) is 11.4 Å². The Bertz CT molecular complexity index is 799. The Balaban J connectivity index is 1.72. The van der Waals surface area contributed by atoms with Gasteiger partial charge in [0.05, 0.1) is 28.5 Å². The van der Waals surface area contributed by atoms with Crippen molar-refractivity contribution in [2.45, 2.75) is 24.9 Å². The molecule has 2 aromatic rings. The van der Waals surface area contributed by atoms with Gasteiger partial charge in [0, 0.05) is 5.02 Å². The van der Waals surface area contributed by atoms with Gasteiger partial charge in [-0.2, -0.15) is 0 Å². The molecule has 0 radical (unpaired) electrons. The topological polar surface area (TPSA) is 48.5 Å². The number of rotatable bonds is 2. The molecule has 0 unspecified atom stereocenters. The second kappa shape index (κ2) is 6.87. The number of aliphatic imine (C=N–C) groups is 1. The van der Waals surface area contributed by atoms with E-state index in [0.717, 1.165) is 43.1 Å². The van der Waals surface area contributed by atoms with Crippen molar-refractivity contribution in [3.05, 3.63) is 58.1 Å². The van der Waals surface area contributed by atoms with Crippen molar-refractivity contribution in [3.8, 4) is 0 Å². The van der Waals surface area contributed by atoms with E-state index >= 15 is 0 Å². The van der Waals surface area contributed by atoms with Gasteiger partial charge < -0.3 is 16.0 Å². The molecular formula is C19H20Cl2N4. The molecule has 0 aromatic heterocycles. The molecule has 0 amide bonds. The number of nitrogens with zero attached hydrogens (tertiary/aromatic N) is 1. The highest BCUT2D eigenvalue weighted by Gasteiger charge is 2.41. The Morgan fingerprint density at radius 2 is 1.80 bits per heavy atom. The Kier molecular flexibility index (Phi) is 4.59. The summed E-state index contributed by atoms with van der Waals surface area (Å²) in [6, 6.07) is 14.0. The Morgan fingerprint density at radius 1 is 1.04 bits per heavy atom. The predicted molar refractivity (Wildman–Crippen MR) is 106 cm³/mol. The number of hydrogen-bond donors (Lipinski definition) is 3. The standard InChI is InChI=1S/C19H20Cl2N4/c20-14-10-15(21)17-16(11-14)25-19(6-8-22-9-7-19)18(24-17)23-12-13-4-2-1-3-5-13/h1-5,10-11,22,25H,6-9,12H2,(H,23,24). The largest absolute Gasteiger partial charge is 0.371 e. The van der Waals surface area contributed by atoms with Crippen LogP contribution in [0.5, 0.6) is 0 Å². The van der Waals surface area contributed by atoms with E-state index in [9.17, 15) is 0 Å². The van der Waals surface area contributed by atoms with E-state index in [0.29, 0.717) is 16.6 Å². The molecule has 2 heterocycles. The van der Waals surface area contributed by atoms with Gasteiger partial charge in [-0.05, 0) is 43.6 Å². The number of fused-ring (bicyclic) bond motifs is 1. The van der Waals surface area contributed by atoms with E-state index in [2.05, 4.69) is 28.1 Å². The summed E-state index contributed by atoms with van der Waals surface area (Å²) in [5.74, 6) is 0.953. The first-order chi connectivity index (χ1) is 12.2. The second-order valence-corrected chi connectivity index (χ2v) is 7.39. The van der Waals surface area contributed by atoms with E-state index in [1.807, 2.05) is 24.3 Å². The normalized spacial score (nSPS) is 20.0. The highest BCUT2D eigenvalue weighted by atomic mass is 35.5. The van der Waals surface area contributed by atoms with E-state index in [1.54, 1.807) is 6.07 Å². The number of halogens is 2. The minimum Gasteiger partial charge on any atom is -0.371 e. The molecule has 4 nitrogen and oxygen atoms in total. The molecule has 0 atom stereocenters. The molecule has 130 valence electrons. The number of piperidine rings is 1. The fourth-order valence-corrected chi connectivity index (χ4v) is 4.05. The highest BCUT2D eigenvalue weighted by Crippen LogP contribution is 2.41. The Hall–Kier alpha value is -1.75. The Labute approximate surface area is 157 Å². The zero-order valence-electron chi connectivity index (χ0n) is 13.8. The second-order valence-electron chi connectivity index (χ2n) is 6.54. The summed E-state index contributed by atoms with van der Waals surface area (Å²) in [7, 11) is 0. The van der Waals surface area contributed by atoms with Gasteiger partial charge in [-0.25, -0.2) is 0 Å². The van der Waals surface area contributed by atoms with Gasteiger partial charge in [-0.3, -0.25) is 4.99 Å². The first-order valence-corrected chi connectivity index (χ1v) is 9.26. The highest BCUT2D eigenvalue weighted by molar-refractivity contribution is 6.38. The van der Waals surface area contributed by atoms with Crippen LogP contribution in [0.25, 0.3) is 0 Å². The van der Waals surface area contributed by atoms with Crippen LogP contribution in [-0.2, 0) is 6.54 Å². The van der Waals surface area contributed by atoms with Gasteiger partial charge in [0.15, 0.2) is 0 Å². The third-order valence-electron chi connectivity index (χ3n) is 4.85. The first kappa shape index (κ1) is 16.7. The van der Waals surface area contributed by atoms with Crippen molar-refractivity contribution in [3.63, 3.8) is 0 Å². The van der Waals surface area contributed by atoms with Gasteiger partial charge >= 0.3 is 0 Å². The summed E-state index contributed by atoms with van der Waals surface area (Å²) in [4.78, 5) is 4.92. The van der Waals surface area contributed by atoms with Gasteiger partial charge in [0.1, 0.15) is 5.84 Å². The van der Waals surface area contributed by atoms with Gasteiger partial charge in [0.25, 0.3) is 0 Å². The summed E-state index contributed by atoms with van der Waals surface area (Å²) in [6.07, 6.45) is 1.91. The molecule has 0 bridgehead atoms. The zero-order chi connectivity index (χ0) is 17.3. The third kappa shape index (κ3) is 3.34. The fraction of sp³-hybridized carbons (Fsp3) is 0.316. The molecular weight excluding hydrogens is 355 g/mol. The molecule has 0 saturated carbocycles. The van der Waals surface area contributed by atoms with Crippen molar-refractivity contribution in [2.24, 2.45) is 4.99 Å². The van der Waals surface area contributed by atoms with Crippen LogP contribution in [-0.4, -0.2) is 24.5 Å². The summed E-state index contributed by atoms with van der Waals surface area (Å²) < 4.78 is 0. The SMILES string of the molecule is Clc1cc(Cl)c2c(c1)NC1(CCNCC1)C(=NCc1ccccc1)N2. The van der Waals surface area contributed by atoms with E-state index < -0.39 is 0 Å². The molecule has 1 fully saturated rings.